The van der Waals surface area contributed by atoms with Crippen LogP contribution >= 0.6 is 11.6 Å². The first-order chi connectivity index (χ1) is 7.24. The second-order valence-corrected chi connectivity index (χ2v) is 3.40. The highest BCUT2D eigenvalue weighted by Gasteiger charge is 2.21. The first-order valence-electron chi connectivity index (χ1n) is 4.41. The number of fused-ring (bicyclic) bond motifs is 1. The summed E-state index contributed by atoms with van der Waals surface area (Å²) >= 11 is 5.83. The second-order valence-electron chi connectivity index (χ2n) is 2.99. The van der Waals surface area contributed by atoms with Crippen LogP contribution in [0.25, 0.3) is 6.08 Å². The van der Waals surface area contributed by atoms with Gasteiger partial charge in [0.1, 0.15) is 5.75 Å². The Labute approximate surface area is 91.9 Å². The Balaban J connectivity index is 2.55. The van der Waals surface area contributed by atoms with E-state index >= 15 is 0 Å². The average Bonchev–Trinajstić information content (AvgIpc) is 2.66. The molecule has 0 spiro atoms. The fourth-order valence-corrected chi connectivity index (χ4v) is 1.57. The van der Waals surface area contributed by atoms with Crippen LogP contribution in [-0.4, -0.2) is 18.4 Å². The molecule has 0 aliphatic carbocycles. The van der Waals surface area contributed by atoms with E-state index in [2.05, 4.69) is 0 Å². The second kappa shape index (κ2) is 4.00. The van der Waals surface area contributed by atoms with Crippen molar-refractivity contribution in [2.45, 2.75) is 0 Å². The van der Waals surface area contributed by atoms with Crippen LogP contribution in [0.5, 0.6) is 17.2 Å². The van der Waals surface area contributed by atoms with E-state index in [-0.39, 0.29) is 17.6 Å². The molecular formula is C10H10ClNO3. The van der Waals surface area contributed by atoms with Crippen LogP contribution in [0.2, 0.25) is 5.02 Å². The van der Waals surface area contributed by atoms with Gasteiger partial charge in [-0.05, 0) is 0 Å². The quantitative estimate of drug-likeness (QED) is 0.808. The zero-order valence-electron chi connectivity index (χ0n) is 7.87. The van der Waals surface area contributed by atoms with Gasteiger partial charge in [0.2, 0.25) is 6.79 Å². The smallest absolute Gasteiger partial charge is 0.231 e. The van der Waals surface area contributed by atoms with Crippen LogP contribution in [0, 0.1) is 0 Å². The summed E-state index contributed by atoms with van der Waals surface area (Å²) in [6.07, 6.45) is 3.36. The van der Waals surface area contributed by atoms with Crippen molar-refractivity contribution < 1.29 is 14.6 Å². The lowest BCUT2D eigenvalue weighted by atomic mass is 10.1. The van der Waals surface area contributed by atoms with Gasteiger partial charge < -0.3 is 20.3 Å². The van der Waals surface area contributed by atoms with E-state index < -0.39 is 0 Å². The van der Waals surface area contributed by atoms with E-state index in [1.807, 2.05) is 0 Å². The third-order valence-electron chi connectivity index (χ3n) is 2.05. The van der Waals surface area contributed by atoms with Crippen molar-refractivity contribution in [3.05, 3.63) is 22.7 Å². The van der Waals surface area contributed by atoms with Crippen LogP contribution in [0.15, 0.2) is 12.1 Å². The van der Waals surface area contributed by atoms with Gasteiger partial charge in [-0.15, -0.1) is 0 Å². The molecule has 1 heterocycles. The first-order valence-corrected chi connectivity index (χ1v) is 4.79. The van der Waals surface area contributed by atoms with E-state index in [0.29, 0.717) is 23.6 Å². The molecule has 1 aromatic carbocycles. The van der Waals surface area contributed by atoms with Crippen LogP contribution in [0.4, 0.5) is 0 Å². The van der Waals surface area contributed by atoms with Gasteiger partial charge in [0.05, 0.1) is 10.6 Å². The van der Waals surface area contributed by atoms with Crippen molar-refractivity contribution in [2.75, 3.05) is 13.3 Å². The number of halogens is 1. The third-order valence-corrected chi connectivity index (χ3v) is 2.33. The minimum atomic E-state index is -0.0226. The molecule has 1 aliphatic rings. The largest absolute Gasteiger partial charge is 0.506 e. The number of phenols is 1. The molecule has 0 aromatic heterocycles. The lowest BCUT2D eigenvalue weighted by molar-refractivity contribution is 0.173. The number of hydrogen-bond donors (Lipinski definition) is 2. The number of phenolic OH excluding ortho intramolecular Hbond substituents is 1. The molecule has 0 unspecified atom stereocenters. The van der Waals surface area contributed by atoms with Gasteiger partial charge in [-0.25, -0.2) is 0 Å². The maximum Gasteiger partial charge on any atom is 0.231 e. The predicted octanol–water partition coefficient (Wildman–Crippen LogP) is 1.75. The van der Waals surface area contributed by atoms with Crippen LogP contribution < -0.4 is 15.2 Å². The molecule has 0 radical (unpaired) electrons. The molecule has 3 N–H and O–H groups in total. The van der Waals surface area contributed by atoms with Gasteiger partial charge in [-0.3, -0.25) is 0 Å². The molecule has 0 amide bonds. The van der Waals surface area contributed by atoms with Gasteiger partial charge in [0.25, 0.3) is 0 Å². The van der Waals surface area contributed by atoms with Crippen LogP contribution in [0.3, 0.4) is 0 Å². The number of hydrogen-bond acceptors (Lipinski definition) is 4. The Hall–Kier alpha value is -1.39. The fraction of sp³-hybridized carbons (Fsp3) is 0.200. The minimum Gasteiger partial charge on any atom is -0.506 e. The highest BCUT2D eigenvalue weighted by molar-refractivity contribution is 6.32. The first kappa shape index (κ1) is 10.1. The molecule has 0 saturated heterocycles. The fourth-order valence-electron chi connectivity index (χ4n) is 1.37. The lowest BCUT2D eigenvalue weighted by Gasteiger charge is -2.05. The Bertz CT molecular complexity index is 418. The number of aromatic hydroxyl groups is 1. The van der Waals surface area contributed by atoms with Gasteiger partial charge in [0.15, 0.2) is 11.5 Å². The summed E-state index contributed by atoms with van der Waals surface area (Å²) in [5.74, 6) is 1.02. The SMILES string of the molecule is NC/C=C/c1c(O)c(Cl)cc2c1OCO2. The third kappa shape index (κ3) is 1.73. The Morgan fingerprint density at radius 2 is 2.33 bits per heavy atom. The van der Waals surface area contributed by atoms with E-state index in [1.165, 1.54) is 6.07 Å². The van der Waals surface area contributed by atoms with Crippen molar-refractivity contribution in [3.8, 4) is 17.2 Å². The highest BCUT2D eigenvalue weighted by Crippen LogP contribution is 2.45. The van der Waals surface area contributed by atoms with E-state index in [4.69, 9.17) is 26.8 Å². The number of rotatable bonds is 2. The summed E-state index contributed by atoms with van der Waals surface area (Å²) in [6, 6.07) is 1.53. The zero-order chi connectivity index (χ0) is 10.8. The van der Waals surface area contributed by atoms with E-state index in [9.17, 15) is 5.11 Å². The summed E-state index contributed by atoms with van der Waals surface area (Å²) in [7, 11) is 0. The average molecular weight is 228 g/mol. The minimum absolute atomic E-state index is 0.0226. The number of nitrogens with two attached hydrogens (primary N) is 1. The van der Waals surface area contributed by atoms with Crippen LogP contribution in [0.1, 0.15) is 5.56 Å². The van der Waals surface area contributed by atoms with Gasteiger partial charge in [0, 0.05) is 12.6 Å². The summed E-state index contributed by atoms with van der Waals surface area (Å²) in [6.45, 7) is 0.514. The van der Waals surface area contributed by atoms with Crippen molar-refractivity contribution in [1.29, 1.82) is 0 Å². The molecule has 5 heteroatoms. The molecule has 0 fully saturated rings. The van der Waals surface area contributed by atoms with Gasteiger partial charge >= 0.3 is 0 Å². The predicted molar refractivity (Wildman–Crippen MR) is 57.3 cm³/mol. The molecule has 2 rings (SSSR count). The summed E-state index contributed by atoms with van der Waals surface area (Å²) in [4.78, 5) is 0. The molecule has 1 aliphatic heterocycles. The summed E-state index contributed by atoms with van der Waals surface area (Å²) in [5, 5.41) is 9.96. The molecule has 0 saturated carbocycles. The van der Waals surface area contributed by atoms with Gasteiger partial charge in [-0.2, -0.15) is 0 Å². The molecule has 0 atom stereocenters. The maximum atomic E-state index is 9.73. The van der Waals surface area contributed by atoms with Crippen molar-refractivity contribution in [1.82, 2.24) is 0 Å². The molecule has 4 nitrogen and oxygen atoms in total. The lowest BCUT2D eigenvalue weighted by Crippen LogP contribution is -1.94. The van der Waals surface area contributed by atoms with Crippen molar-refractivity contribution in [2.24, 2.45) is 5.73 Å². The number of benzene rings is 1. The molecule has 0 bridgehead atoms. The Morgan fingerprint density at radius 3 is 3.07 bits per heavy atom. The molecule has 1 aromatic rings. The summed E-state index contributed by atoms with van der Waals surface area (Å²) < 4.78 is 10.4. The maximum absolute atomic E-state index is 9.73. The molecular weight excluding hydrogens is 218 g/mol. The molecule has 80 valence electrons. The van der Waals surface area contributed by atoms with Gasteiger partial charge in [-0.1, -0.05) is 23.8 Å². The topological polar surface area (TPSA) is 64.7 Å². The highest BCUT2D eigenvalue weighted by atomic mass is 35.5. The monoisotopic (exact) mass is 227 g/mol. The van der Waals surface area contributed by atoms with E-state index in [0.717, 1.165) is 0 Å². The zero-order valence-corrected chi connectivity index (χ0v) is 8.62. The normalized spacial score (nSPS) is 13.7. The standard InChI is InChI=1S/C10H10ClNO3/c11-7-4-8-10(15-5-14-8)6(9(7)13)2-1-3-12/h1-2,4,13H,3,5,12H2/b2-1+. The Kier molecular flexibility index (Phi) is 2.70. The van der Waals surface area contributed by atoms with Crippen molar-refractivity contribution >= 4 is 17.7 Å². The van der Waals surface area contributed by atoms with Crippen molar-refractivity contribution in [3.63, 3.8) is 0 Å². The molecule has 15 heavy (non-hydrogen) atoms. The summed E-state index contributed by atoms with van der Waals surface area (Å²) in [5.41, 5.74) is 5.84. The Morgan fingerprint density at radius 1 is 1.53 bits per heavy atom. The number of ether oxygens (including phenoxy) is 2. The van der Waals surface area contributed by atoms with E-state index in [1.54, 1.807) is 12.2 Å². The van der Waals surface area contributed by atoms with Crippen LogP contribution in [-0.2, 0) is 0 Å².